The molecule has 0 bridgehead atoms. The van der Waals surface area contributed by atoms with Gasteiger partial charge in [-0.15, -0.1) is 0 Å². The van der Waals surface area contributed by atoms with E-state index < -0.39 is 6.85 Å². The minimum Gasteiger partial charge on any atom is -0.395 e. The summed E-state index contributed by atoms with van der Waals surface area (Å²) in [5.41, 5.74) is 1.37. The highest BCUT2D eigenvalue weighted by Crippen LogP contribution is 2.28. The van der Waals surface area contributed by atoms with E-state index in [9.17, 15) is 4.79 Å². The number of carbonyl (C=O) groups is 1. The number of β-amino-alcohol motifs (C(OH)–C–C–N with tert-alkyl or cyclic N) is 1. The third-order valence-corrected chi connectivity index (χ3v) is 6.48. The molecular weight excluding hydrogens is 462 g/mol. The Morgan fingerprint density at radius 3 is 2.85 bits per heavy atom. The summed E-state index contributed by atoms with van der Waals surface area (Å²) in [6.07, 6.45) is 1.43. The van der Waals surface area contributed by atoms with E-state index in [0.29, 0.717) is 46.2 Å². The smallest absolute Gasteiger partial charge is 0.267 e. The average molecular weight is 491 g/mol. The van der Waals surface area contributed by atoms with Gasteiger partial charge in [-0.2, -0.15) is 0 Å². The molecule has 9 nitrogen and oxygen atoms in total. The standard InChI is InChI=1S/C22H26ClN7O2S/c1-14-4-3-5-16(23)20(14)28-21(32)17-13-24-22(33-17)27-18-12-19(26-15(2)25-18)30-8-6-29(7-9-30)10-11-31/h3-5,12-13,31H,6-11H2,1-2H3,(H,28,32)(H,24,25,26,27)/i2D3. The SMILES string of the molecule is [2H]C([2H])([2H])c1nc(Nc2ncc(C(=O)Nc3c(C)cccc3Cl)s2)cc(N2CCN(CCO)CC2)n1. The summed E-state index contributed by atoms with van der Waals surface area (Å²) in [5.74, 6) is 0.131. The summed E-state index contributed by atoms with van der Waals surface area (Å²) < 4.78 is 23.4. The third-order valence-electron chi connectivity index (χ3n) is 5.25. The number of thiazole rings is 1. The number of anilines is 4. The van der Waals surface area contributed by atoms with E-state index in [1.54, 1.807) is 18.2 Å². The maximum atomic E-state index is 12.8. The van der Waals surface area contributed by atoms with Crippen molar-refractivity contribution in [1.82, 2.24) is 19.9 Å². The maximum Gasteiger partial charge on any atom is 0.267 e. The van der Waals surface area contributed by atoms with Crippen LogP contribution in [0.1, 0.15) is 25.2 Å². The Bertz CT molecular complexity index is 1210. The first-order chi connectivity index (χ1) is 17.1. The molecular formula is C22H26ClN7O2S. The minimum atomic E-state index is -2.49. The van der Waals surface area contributed by atoms with Gasteiger partial charge in [0.25, 0.3) is 5.91 Å². The normalized spacial score (nSPS) is 16.1. The number of aryl methyl sites for hydroxylation is 2. The largest absolute Gasteiger partial charge is 0.395 e. The number of nitrogens with zero attached hydrogens (tertiary/aromatic N) is 5. The van der Waals surface area contributed by atoms with Gasteiger partial charge < -0.3 is 20.6 Å². The molecule has 1 aliphatic rings. The zero-order chi connectivity index (χ0) is 25.9. The number of aliphatic hydroxyl groups excluding tert-OH is 1. The van der Waals surface area contributed by atoms with Gasteiger partial charge in [-0.25, -0.2) is 15.0 Å². The van der Waals surface area contributed by atoms with Crippen molar-refractivity contribution < 1.29 is 14.0 Å². The molecule has 1 amide bonds. The maximum absolute atomic E-state index is 12.8. The fourth-order valence-corrected chi connectivity index (χ4v) is 4.50. The molecule has 1 aliphatic heterocycles. The van der Waals surface area contributed by atoms with Crippen molar-refractivity contribution in [3.8, 4) is 0 Å². The zero-order valence-corrected chi connectivity index (χ0v) is 19.6. The number of halogens is 1. The number of carbonyl (C=O) groups excluding carboxylic acids is 1. The zero-order valence-electron chi connectivity index (χ0n) is 21.0. The highest BCUT2D eigenvalue weighted by molar-refractivity contribution is 7.17. The fourth-order valence-electron chi connectivity index (χ4n) is 3.51. The van der Waals surface area contributed by atoms with Gasteiger partial charge in [-0.05, 0) is 25.4 Å². The first-order valence-electron chi connectivity index (χ1n) is 11.9. The molecule has 4 rings (SSSR count). The number of hydrogen-bond donors (Lipinski definition) is 3. The van der Waals surface area contributed by atoms with E-state index in [4.69, 9.17) is 20.8 Å². The van der Waals surface area contributed by atoms with E-state index in [-0.39, 0.29) is 24.2 Å². The van der Waals surface area contributed by atoms with Gasteiger partial charge in [0.2, 0.25) is 0 Å². The van der Waals surface area contributed by atoms with Crippen LogP contribution in [-0.2, 0) is 0 Å². The van der Waals surface area contributed by atoms with Gasteiger partial charge in [-0.1, -0.05) is 35.1 Å². The minimum absolute atomic E-state index is 0.0938. The Kier molecular flexibility index (Phi) is 6.21. The molecule has 0 atom stereocenters. The van der Waals surface area contributed by atoms with E-state index >= 15 is 0 Å². The molecule has 0 unspecified atom stereocenters. The summed E-state index contributed by atoms with van der Waals surface area (Å²) in [6, 6.07) is 7.03. The molecule has 3 heterocycles. The summed E-state index contributed by atoms with van der Waals surface area (Å²) in [5, 5.41) is 15.8. The van der Waals surface area contributed by atoms with E-state index in [1.807, 2.05) is 17.9 Å². The van der Waals surface area contributed by atoms with Gasteiger partial charge in [0.05, 0.1) is 23.5 Å². The topological polar surface area (TPSA) is 107 Å². The second-order valence-corrected chi connectivity index (χ2v) is 8.97. The molecule has 0 radical (unpaired) electrons. The molecule has 174 valence electrons. The first-order valence-corrected chi connectivity index (χ1v) is 11.6. The van der Waals surface area contributed by atoms with Crippen LogP contribution in [0, 0.1) is 13.8 Å². The van der Waals surface area contributed by atoms with Crippen molar-refractivity contribution >= 4 is 51.3 Å². The molecule has 33 heavy (non-hydrogen) atoms. The molecule has 0 aliphatic carbocycles. The Labute approximate surface area is 205 Å². The molecule has 0 saturated carbocycles. The summed E-state index contributed by atoms with van der Waals surface area (Å²) in [6.45, 7) is 2.78. The lowest BCUT2D eigenvalue weighted by molar-refractivity contribution is 0.103. The monoisotopic (exact) mass is 490 g/mol. The number of para-hydroxylation sites is 1. The first kappa shape index (κ1) is 19.7. The third kappa shape index (κ3) is 5.77. The second-order valence-electron chi connectivity index (χ2n) is 7.53. The van der Waals surface area contributed by atoms with Gasteiger partial charge in [0.1, 0.15) is 22.3 Å². The quantitative estimate of drug-likeness (QED) is 0.463. The van der Waals surface area contributed by atoms with Crippen molar-refractivity contribution in [3.63, 3.8) is 0 Å². The van der Waals surface area contributed by atoms with Gasteiger partial charge in [0, 0.05) is 42.9 Å². The Morgan fingerprint density at radius 1 is 1.30 bits per heavy atom. The van der Waals surface area contributed by atoms with Crippen LogP contribution in [0.25, 0.3) is 0 Å². The number of amides is 1. The summed E-state index contributed by atoms with van der Waals surface area (Å²) in [7, 11) is 0. The highest BCUT2D eigenvalue weighted by Gasteiger charge is 2.19. The van der Waals surface area contributed by atoms with Crippen LogP contribution in [-0.4, -0.2) is 70.2 Å². The molecule has 1 aromatic carbocycles. The predicted molar refractivity (Wildman–Crippen MR) is 132 cm³/mol. The average Bonchev–Trinajstić information content (AvgIpc) is 3.30. The predicted octanol–water partition coefficient (Wildman–Crippen LogP) is 3.31. The highest BCUT2D eigenvalue weighted by atomic mass is 35.5. The van der Waals surface area contributed by atoms with Crippen molar-refractivity contribution in [1.29, 1.82) is 0 Å². The van der Waals surface area contributed by atoms with Gasteiger partial charge in [-0.3, -0.25) is 9.69 Å². The van der Waals surface area contributed by atoms with E-state index in [0.717, 1.165) is 30.0 Å². The van der Waals surface area contributed by atoms with Crippen LogP contribution in [0.15, 0.2) is 30.5 Å². The number of nitrogens with one attached hydrogen (secondary N) is 2. The molecule has 3 N–H and O–H groups in total. The molecule has 11 heteroatoms. The molecule has 0 spiro atoms. The number of aliphatic hydroxyl groups is 1. The number of benzene rings is 1. The molecule has 2 aromatic heterocycles. The Hall–Kier alpha value is -2.79. The second kappa shape index (κ2) is 10.4. The van der Waals surface area contributed by atoms with Crippen LogP contribution >= 0.6 is 22.9 Å². The van der Waals surface area contributed by atoms with Crippen molar-refractivity contribution in [2.75, 3.05) is 54.9 Å². The van der Waals surface area contributed by atoms with E-state index in [2.05, 4.69) is 30.5 Å². The van der Waals surface area contributed by atoms with Crippen molar-refractivity contribution in [2.45, 2.75) is 13.8 Å². The Morgan fingerprint density at radius 2 is 2.12 bits per heavy atom. The van der Waals surface area contributed by atoms with Crippen LogP contribution in [0.3, 0.4) is 0 Å². The van der Waals surface area contributed by atoms with Crippen LogP contribution in [0.5, 0.6) is 0 Å². The van der Waals surface area contributed by atoms with Crippen LogP contribution in [0.4, 0.5) is 22.5 Å². The van der Waals surface area contributed by atoms with Crippen molar-refractivity contribution in [2.24, 2.45) is 0 Å². The number of hydrogen-bond acceptors (Lipinski definition) is 9. The summed E-state index contributed by atoms with van der Waals surface area (Å²) >= 11 is 7.32. The molecule has 1 fully saturated rings. The van der Waals surface area contributed by atoms with Crippen LogP contribution in [0.2, 0.25) is 5.02 Å². The Balaban J connectivity index is 1.52. The van der Waals surface area contributed by atoms with Crippen molar-refractivity contribution in [3.05, 3.63) is 51.7 Å². The molecule has 3 aromatic rings. The lowest BCUT2D eigenvalue weighted by atomic mass is 10.2. The lowest BCUT2D eigenvalue weighted by Gasteiger charge is -2.35. The lowest BCUT2D eigenvalue weighted by Crippen LogP contribution is -2.47. The number of piperazine rings is 1. The van der Waals surface area contributed by atoms with Gasteiger partial charge in [0.15, 0.2) is 5.13 Å². The summed E-state index contributed by atoms with van der Waals surface area (Å²) in [4.78, 5) is 29.9. The molecule has 1 saturated heterocycles. The number of aromatic nitrogens is 3. The fraction of sp³-hybridized carbons (Fsp3) is 0.364. The van der Waals surface area contributed by atoms with Gasteiger partial charge >= 0.3 is 0 Å². The van der Waals surface area contributed by atoms with E-state index in [1.165, 1.54) is 6.20 Å². The van der Waals surface area contributed by atoms with Crippen LogP contribution < -0.4 is 15.5 Å². The number of rotatable bonds is 7.